The molecule has 3 atom stereocenters. The van der Waals surface area contributed by atoms with Crippen molar-refractivity contribution in [3.8, 4) is 5.75 Å². The van der Waals surface area contributed by atoms with Gasteiger partial charge in [-0.05, 0) is 49.8 Å². The third-order valence-electron chi connectivity index (χ3n) is 4.77. The number of amides is 1. The lowest BCUT2D eigenvalue weighted by molar-refractivity contribution is -0.132. The van der Waals surface area contributed by atoms with Crippen molar-refractivity contribution in [2.75, 3.05) is 7.11 Å². The van der Waals surface area contributed by atoms with Crippen molar-refractivity contribution in [1.29, 1.82) is 0 Å². The molecular formula is C17H24N2O2. The third kappa shape index (κ3) is 2.64. The molecule has 0 spiro atoms. The Morgan fingerprint density at radius 3 is 2.52 bits per heavy atom. The summed E-state index contributed by atoms with van der Waals surface area (Å²) >= 11 is 0. The van der Waals surface area contributed by atoms with Gasteiger partial charge >= 0.3 is 0 Å². The van der Waals surface area contributed by atoms with Crippen LogP contribution in [0.2, 0.25) is 0 Å². The van der Waals surface area contributed by atoms with Crippen molar-refractivity contribution in [1.82, 2.24) is 10.2 Å². The molecule has 1 aliphatic heterocycles. The van der Waals surface area contributed by atoms with Crippen molar-refractivity contribution in [2.24, 2.45) is 5.92 Å². The summed E-state index contributed by atoms with van der Waals surface area (Å²) in [5.74, 6) is 1.77. The molecule has 1 saturated heterocycles. The van der Waals surface area contributed by atoms with Crippen molar-refractivity contribution in [3.63, 3.8) is 0 Å². The molecule has 1 aromatic carbocycles. The zero-order valence-corrected chi connectivity index (χ0v) is 13.0. The van der Waals surface area contributed by atoms with E-state index >= 15 is 0 Å². The Labute approximate surface area is 126 Å². The van der Waals surface area contributed by atoms with Gasteiger partial charge in [-0.3, -0.25) is 10.1 Å². The van der Waals surface area contributed by atoms with E-state index < -0.39 is 0 Å². The number of hydrogen-bond donors (Lipinski definition) is 1. The summed E-state index contributed by atoms with van der Waals surface area (Å²) in [6, 6.07) is 8.27. The van der Waals surface area contributed by atoms with Crippen LogP contribution in [0.1, 0.15) is 44.8 Å². The van der Waals surface area contributed by atoms with E-state index in [9.17, 15) is 4.79 Å². The molecule has 0 bridgehead atoms. The van der Waals surface area contributed by atoms with Gasteiger partial charge < -0.3 is 9.64 Å². The first kappa shape index (κ1) is 14.4. The Hall–Kier alpha value is -1.55. The average molecular weight is 288 g/mol. The predicted molar refractivity (Wildman–Crippen MR) is 82.0 cm³/mol. The third-order valence-corrected chi connectivity index (χ3v) is 4.77. The number of nitrogens with one attached hydrogen (secondary N) is 1. The van der Waals surface area contributed by atoms with E-state index in [0.717, 1.165) is 17.7 Å². The molecule has 4 heteroatoms. The van der Waals surface area contributed by atoms with Gasteiger partial charge in [0.15, 0.2) is 0 Å². The lowest BCUT2D eigenvalue weighted by Crippen LogP contribution is -2.39. The Balaban J connectivity index is 1.87. The van der Waals surface area contributed by atoms with E-state index in [2.05, 4.69) is 36.2 Å². The SMILES string of the molecule is CCC1NC(c2ccc(OC)cc2)N(C(C)C2CC2)C1=O. The lowest BCUT2D eigenvalue weighted by atomic mass is 10.1. The molecule has 2 fully saturated rings. The van der Waals surface area contributed by atoms with Gasteiger partial charge in [0.05, 0.1) is 13.2 Å². The number of hydrogen-bond acceptors (Lipinski definition) is 3. The fourth-order valence-electron chi connectivity index (χ4n) is 3.23. The number of benzene rings is 1. The predicted octanol–water partition coefficient (Wildman–Crippen LogP) is 2.70. The van der Waals surface area contributed by atoms with Crippen molar-refractivity contribution < 1.29 is 9.53 Å². The lowest BCUT2D eigenvalue weighted by Gasteiger charge is -2.31. The standard InChI is InChI=1S/C17H24N2O2/c1-4-15-17(20)19(11(2)12-5-6-12)16(18-15)13-7-9-14(21-3)10-8-13/h7-12,15-16,18H,4-6H2,1-3H3. The first-order valence-electron chi connectivity index (χ1n) is 7.88. The van der Waals surface area contributed by atoms with Crippen molar-refractivity contribution in [2.45, 2.75) is 51.4 Å². The molecule has 2 aliphatic rings. The molecule has 1 amide bonds. The summed E-state index contributed by atoms with van der Waals surface area (Å²) in [5, 5.41) is 3.49. The minimum atomic E-state index is -0.0571. The van der Waals surface area contributed by atoms with Gasteiger partial charge in [-0.25, -0.2) is 0 Å². The zero-order chi connectivity index (χ0) is 15.0. The van der Waals surface area contributed by atoms with Crippen LogP contribution in [0, 0.1) is 5.92 Å². The maximum Gasteiger partial charge on any atom is 0.241 e. The largest absolute Gasteiger partial charge is 0.497 e. The summed E-state index contributed by atoms with van der Waals surface area (Å²) in [7, 11) is 1.67. The average Bonchev–Trinajstić information content (AvgIpc) is 3.30. The molecule has 3 rings (SSSR count). The Morgan fingerprint density at radius 2 is 2.00 bits per heavy atom. The summed E-state index contributed by atoms with van der Waals surface area (Å²) in [5.41, 5.74) is 1.13. The van der Waals surface area contributed by atoms with Crippen LogP contribution in [-0.4, -0.2) is 30.0 Å². The van der Waals surface area contributed by atoms with E-state index in [4.69, 9.17) is 4.74 Å². The molecule has 1 N–H and O–H groups in total. The van der Waals surface area contributed by atoms with Gasteiger partial charge in [0.1, 0.15) is 11.9 Å². The van der Waals surface area contributed by atoms with Gasteiger partial charge in [-0.15, -0.1) is 0 Å². The monoisotopic (exact) mass is 288 g/mol. The van der Waals surface area contributed by atoms with E-state index in [1.807, 2.05) is 12.1 Å². The van der Waals surface area contributed by atoms with Crippen LogP contribution in [0.4, 0.5) is 0 Å². The molecule has 0 radical (unpaired) electrons. The van der Waals surface area contributed by atoms with Crippen LogP contribution in [0.3, 0.4) is 0 Å². The van der Waals surface area contributed by atoms with Gasteiger partial charge in [-0.2, -0.15) is 0 Å². The molecule has 21 heavy (non-hydrogen) atoms. The second kappa shape index (κ2) is 5.68. The van der Waals surface area contributed by atoms with Crippen molar-refractivity contribution in [3.05, 3.63) is 29.8 Å². The van der Waals surface area contributed by atoms with Crippen LogP contribution in [-0.2, 0) is 4.79 Å². The number of carbonyl (C=O) groups is 1. The number of nitrogens with zero attached hydrogens (tertiary/aromatic N) is 1. The van der Waals surface area contributed by atoms with E-state index in [-0.39, 0.29) is 18.1 Å². The van der Waals surface area contributed by atoms with Crippen LogP contribution < -0.4 is 10.1 Å². The fraction of sp³-hybridized carbons (Fsp3) is 0.588. The summed E-state index contributed by atoms with van der Waals surface area (Å²) in [6.45, 7) is 4.25. The van der Waals surface area contributed by atoms with Gasteiger partial charge in [0, 0.05) is 6.04 Å². The molecule has 3 unspecified atom stereocenters. The first-order valence-corrected chi connectivity index (χ1v) is 7.88. The molecule has 1 saturated carbocycles. The van der Waals surface area contributed by atoms with E-state index in [1.54, 1.807) is 7.11 Å². The normalized spacial score (nSPS) is 27.0. The molecular weight excluding hydrogens is 264 g/mol. The van der Waals surface area contributed by atoms with Gasteiger partial charge in [0.2, 0.25) is 5.91 Å². The number of methoxy groups -OCH3 is 1. The van der Waals surface area contributed by atoms with Crippen LogP contribution >= 0.6 is 0 Å². The van der Waals surface area contributed by atoms with Crippen LogP contribution in [0.25, 0.3) is 0 Å². The minimum Gasteiger partial charge on any atom is -0.497 e. The Morgan fingerprint density at radius 1 is 1.33 bits per heavy atom. The summed E-state index contributed by atoms with van der Waals surface area (Å²) in [6.07, 6.45) is 3.32. The molecule has 114 valence electrons. The Bertz CT molecular complexity index is 510. The number of carbonyl (C=O) groups excluding carboxylic acids is 1. The van der Waals surface area contributed by atoms with E-state index in [1.165, 1.54) is 12.8 Å². The smallest absolute Gasteiger partial charge is 0.241 e. The minimum absolute atomic E-state index is 0.0102. The maximum atomic E-state index is 12.7. The topological polar surface area (TPSA) is 41.6 Å². The summed E-state index contributed by atoms with van der Waals surface area (Å²) < 4.78 is 5.22. The van der Waals surface area contributed by atoms with Crippen LogP contribution in [0.5, 0.6) is 5.75 Å². The van der Waals surface area contributed by atoms with Gasteiger partial charge in [0.25, 0.3) is 0 Å². The second-order valence-electron chi connectivity index (χ2n) is 6.13. The highest BCUT2D eigenvalue weighted by atomic mass is 16.5. The molecule has 4 nitrogen and oxygen atoms in total. The highest BCUT2D eigenvalue weighted by molar-refractivity contribution is 5.85. The highest BCUT2D eigenvalue weighted by Gasteiger charge is 2.45. The maximum absolute atomic E-state index is 12.7. The molecule has 0 aromatic heterocycles. The molecule has 1 aliphatic carbocycles. The fourth-order valence-corrected chi connectivity index (χ4v) is 3.23. The van der Waals surface area contributed by atoms with Crippen molar-refractivity contribution >= 4 is 5.91 Å². The zero-order valence-electron chi connectivity index (χ0n) is 13.0. The van der Waals surface area contributed by atoms with Gasteiger partial charge in [-0.1, -0.05) is 19.1 Å². The second-order valence-corrected chi connectivity index (χ2v) is 6.13. The number of ether oxygens (including phenoxy) is 1. The number of rotatable bonds is 5. The highest BCUT2D eigenvalue weighted by Crippen LogP contribution is 2.40. The molecule has 1 aromatic rings. The summed E-state index contributed by atoms with van der Waals surface area (Å²) in [4.78, 5) is 14.7. The van der Waals surface area contributed by atoms with E-state index in [0.29, 0.717) is 12.0 Å². The van der Waals surface area contributed by atoms with Crippen LogP contribution in [0.15, 0.2) is 24.3 Å². The quantitative estimate of drug-likeness (QED) is 0.906. The Kier molecular flexibility index (Phi) is 3.89. The first-order chi connectivity index (χ1) is 10.2. The molecule has 1 heterocycles.